The Balaban J connectivity index is 0.00000243. The van der Waals surface area contributed by atoms with E-state index >= 15 is 0 Å². The van der Waals surface area contributed by atoms with Crippen LogP contribution in [-0.4, -0.2) is 13.1 Å². The Bertz CT molecular complexity index is 944. The Kier molecular flexibility index (Phi) is 6.75. The van der Waals surface area contributed by atoms with Crippen LogP contribution in [0.15, 0.2) is 70.7 Å². The molecule has 0 N–H and O–H groups in total. The second-order valence-corrected chi connectivity index (χ2v) is 5.91. The molecule has 0 saturated heterocycles. The molecule has 1 aromatic carbocycles. The highest BCUT2D eigenvalue weighted by Crippen LogP contribution is 2.24. The van der Waals surface area contributed by atoms with Gasteiger partial charge in [-0.25, -0.2) is 9.36 Å². The van der Waals surface area contributed by atoms with Crippen molar-refractivity contribution in [1.82, 2.24) is 0 Å². The van der Waals surface area contributed by atoms with Gasteiger partial charge in [0.1, 0.15) is 5.58 Å². The highest BCUT2D eigenvalue weighted by molar-refractivity contribution is 5.84. The zero-order valence-electron chi connectivity index (χ0n) is 15.1. The van der Waals surface area contributed by atoms with Gasteiger partial charge in [-0.15, -0.1) is 0 Å². The van der Waals surface area contributed by atoms with Crippen molar-refractivity contribution in [3.63, 3.8) is 0 Å². The quantitative estimate of drug-likeness (QED) is 0.339. The lowest BCUT2D eigenvalue weighted by molar-refractivity contribution is -0.686. The number of rotatable bonds is 6. The monoisotopic (exact) mass is 414 g/mol. The molecule has 2 heterocycles. The number of hydrogen-bond donors (Lipinski definition) is 0. The predicted octanol–water partition coefficient (Wildman–Crippen LogP) is 0.784. The number of halogens is 1. The van der Waals surface area contributed by atoms with Crippen molar-refractivity contribution < 1.29 is 26.0 Å². The van der Waals surface area contributed by atoms with Crippen molar-refractivity contribution in [2.45, 2.75) is 20.4 Å². The molecule has 3 aromatic rings. The molecule has 0 atom stereocenters. The standard InChI is InChI=1S/C21H23N2O2.BrH/c1-4-11-22-12-9-16(10-13-22)19-14-17-7-8-18(23(5-2)6-3)15-20(17)25-21(19)24;/h4,7-10,12-15H,1,5-6,11H2,2-3H3;1H/q+1;/p-1. The number of anilines is 1. The van der Waals surface area contributed by atoms with E-state index in [0.717, 1.165) is 36.3 Å². The largest absolute Gasteiger partial charge is 1.00 e. The molecule has 4 nitrogen and oxygen atoms in total. The Labute approximate surface area is 164 Å². The number of fused-ring (bicyclic) bond motifs is 1. The van der Waals surface area contributed by atoms with Gasteiger partial charge in [-0.1, -0.05) is 6.58 Å². The Morgan fingerprint density at radius 2 is 1.81 bits per heavy atom. The molecule has 0 aliphatic rings. The van der Waals surface area contributed by atoms with Gasteiger partial charge in [0, 0.05) is 47.9 Å². The fourth-order valence-corrected chi connectivity index (χ4v) is 2.99. The van der Waals surface area contributed by atoms with E-state index in [-0.39, 0.29) is 22.6 Å². The molecule has 0 radical (unpaired) electrons. The molecule has 0 unspecified atom stereocenters. The number of nitrogens with zero attached hydrogens (tertiary/aromatic N) is 2. The molecule has 5 heteroatoms. The summed E-state index contributed by atoms with van der Waals surface area (Å²) in [5, 5.41) is 0.924. The van der Waals surface area contributed by atoms with Crippen LogP contribution >= 0.6 is 0 Å². The van der Waals surface area contributed by atoms with E-state index in [1.54, 1.807) is 0 Å². The van der Waals surface area contributed by atoms with Crippen LogP contribution in [0.4, 0.5) is 5.69 Å². The van der Waals surface area contributed by atoms with Crippen molar-refractivity contribution in [3.05, 3.63) is 71.9 Å². The van der Waals surface area contributed by atoms with Crippen molar-refractivity contribution in [1.29, 1.82) is 0 Å². The molecular weight excluding hydrogens is 392 g/mol. The molecule has 0 saturated carbocycles. The van der Waals surface area contributed by atoms with Gasteiger partial charge in [-0.05, 0) is 38.1 Å². The SMILES string of the molecule is C=CC[n+]1ccc(-c2cc3ccc(N(CC)CC)cc3oc2=O)cc1.[Br-]. The fourth-order valence-electron chi connectivity index (χ4n) is 2.99. The second-order valence-electron chi connectivity index (χ2n) is 5.91. The molecule has 0 bridgehead atoms. The number of benzene rings is 1. The van der Waals surface area contributed by atoms with E-state index in [9.17, 15) is 4.79 Å². The average Bonchev–Trinajstić information content (AvgIpc) is 2.63. The second kappa shape index (κ2) is 8.81. The smallest absolute Gasteiger partial charge is 0.344 e. The minimum absolute atomic E-state index is 0. The maximum atomic E-state index is 12.5. The number of hydrogen-bond acceptors (Lipinski definition) is 3. The van der Waals surface area contributed by atoms with Gasteiger partial charge in [0.25, 0.3) is 0 Å². The summed E-state index contributed by atoms with van der Waals surface area (Å²) in [5.74, 6) is 0. The molecular formula is C21H23BrN2O2. The van der Waals surface area contributed by atoms with Gasteiger partial charge in [0.15, 0.2) is 18.9 Å². The van der Waals surface area contributed by atoms with Gasteiger partial charge < -0.3 is 26.3 Å². The van der Waals surface area contributed by atoms with Gasteiger partial charge >= 0.3 is 5.63 Å². The van der Waals surface area contributed by atoms with Crippen LogP contribution in [0.1, 0.15) is 13.8 Å². The lowest BCUT2D eigenvalue weighted by atomic mass is 10.1. The Hall–Kier alpha value is -2.40. The highest BCUT2D eigenvalue weighted by Gasteiger charge is 2.11. The minimum atomic E-state index is -0.314. The first-order valence-electron chi connectivity index (χ1n) is 8.59. The van der Waals surface area contributed by atoms with Crippen molar-refractivity contribution >= 4 is 16.7 Å². The normalized spacial score (nSPS) is 10.4. The molecule has 136 valence electrons. The van der Waals surface area contributed by atoms with Gasteiger partial charge in [0.05, 0.1) is 5.56 Å². The number of allylic oxidation sites excluding steroid dienone is 1. The third kappa shape index (κ3) is 4.05. The summed E-state index contributed by atoms with van der Waals surface area (Å²) in [5.41, 5.74) is 2.80. The lowest BCUT2D eigenvalue weighted by Crippen LogP contribution is -3.00. The van der Waals surface area contributed by atoms with Crippen LogP contribution in [0.2, 0.25) is 0 Å². The zero-order valence-corrected chi connectivity index (χ0v) is 16.7. The molecule has 0 spiro atoms. The summed E-state index contributed by atoms with van der Waals surface area (Å²) >= 11 is 0. The van der Waals surface area contributed by atoms with E-state index in [2.05, 4.69) is 31.4 Å². The van der Waals surface area contributed by atoms with Crippen molar-refractivity contribution in [2.75, 3.05) is 18.0 Å². The molecule has 0 aliphatic heterocycles. The van der Waals surface area contributed by atoms with Crippen LogP contribution in [0, 0.1) is 0 Å². The Morgan fingerprint density at radius 3 is 2.42 bits per heavy atom. The van der Waals surface area contributed by atoms with E-state index in [0.29, 0.717) is 11.1 Å². The summed E-state index contributed by atoms with van der Waals surface area (Å²) in [6.45, 7) is 10.5. The van der Waals surface area contributed by atoms with E-state index < -0.39 is 0 Å². The van der Waals surface area contributed by atoms with Crippen LogP contribution in [0.5, 0.6) is 0 Å². The summed E-state index contributed by atoms with van der Waals surface area (Å²) in [6.07, 6.45) is 5.70. The number of aromatic nitrogens is 1. The van der Waals surface area contributed by atoms with Crippen LogP contribution in [0.25, 0.3) is 22.1 Å². The third-order valence-electron chi connectivity index (χ3n) is 4.39. The average molecular weight is 415 g/mol. The lowest BCUT2D eigenvalue weighted by Gasteiger charge is -2.21. The van der Waals surface area contributed by atoms with Gasteiger partial charge in [-0.3, -0.25) is 0 Å². The fraction of sp³-hybridized carbons (Fsp3) is 0.238. The van der Waals surface area contributed by atoms with Gasteiger partial charge in [0.2, 0.25) is 0 Å². The molecule has 0 aliphatic carbocycles. The maximum Gasteiger partial charge on any atom is 0.344 e. The summed E-state index contributed by atoms with van der Waals surface area (Å²) < 4.78 is 7.60. The first-order valence-corrected chi connectivity index (χ1v) is 8.59. The van der Waals surface area contributed by atoms with Crippen LogP contribution in [0.3, 0.4) is 0 Å². The van der Waals surface area contributed by atoms with Crippen molar-refractivity contribution in [2.24, 2.45) is 0 Å². The third-order valence-corrected chi connectivity index (χ3v) is 4.39. The zero-order chi connectivity index (χ0) is 17.8. The number of pyridine rings is 1. The summed E-state index contributed by atoms with van der Waals surface area (Å²) in [7, 11) is 0. The highest BCUT2D eigenvalue weighted by atomic mass is 79.9. The first kappa shape index (κ1) is 19.9. The Morgan fingerprint density at radius 1 is 1.12 bits per heavy atom. The summed E-state index contributed by atoms with van der Waals surface area (Å²) in [4.78, 5) is 14.7. The van der Waals surface area contributed by atoms with Crippen LogP contribution in [-0.2, 0) is 6.54 Å². The molecule has 0 fully saturated rings. The molecule has 3 rings (SSSR count). The van der Waals surface area contributed by atoms with Crippen molar-refractivity contribution in [3.8, 4) is 11.1 Å². The maximum absolute atomic E-state index is 12.5. The summed E-state index contributed by atoms with van der Waals surface area (Å²) in [6, 6.07) is 11.8. The van der Waals surface area contributed by atoms with E-state index in [4.69, 9.17) is 4.42 Å². The van der Waals surface area contributed by atoms with Crippen LogP contribution < -0.4 is 32.1 Å². The molecule has 2 aromatic heterocycles. The van der Waals surface area contributed by atoms with E-state index in [1.807, 2.05) is 53.4 Å². The predicted molar refractivity (Wildman–Crippen MR) is 102 cm³/mol. The topological polar surface area (TPSA) is 37.3 Å². The van der Waals surface area contributed by atoms with E-state index in [1.165, 1.54) is 0 Å². The molecule has 0 amide bonds. The minimum Gasteiger partial charge on any atom is -1.00 e. The van der Waals surface area contributed by atoms with Gasteiger partial charge in [-0.2, -0.15) is 0 Å². The molecule has 26 heavy (non-hydrogen) atoms. The first-order chi connectivity index (χ1) is 12.2.